The van der Waals surface area contributed by atoms with Crippen LogP contribution < -0.4 is 11.1 Å². The molecule has 0 aliphatic heterocycles. The van der Waals surface area contributed by atoms with E-state index in [4.69, 9.17) is 17.3 Å². The summed E-state index contributed by atoms with van der Waals surface area (Å²) >= 11 is 5.79. The summed E-state index contributed by atoms with van der Waals surface area (Å²) < 4.78 is 13.6. The molecule has 0 atom stereocenters. The van der Waals surface area contributed by atoms with Gasteiger partial charge in [0, 0.05) is 21.6 Å². The van der Waals surface area contributed by atoms with Crippen LogP contribution >= 0.6 is 11.6 Å². The third kappa shape index (κ3) is 2.68. The number of carbonyl (C=O) groups excluding carboxylic acids is 1. The largest absolute Gasteiger partial charge is 0.399 e. The smallest absolute Gasteiger partial charge is 0.272 e. The van der Waals surface area contributed by atoms with Gasteiger partial charge in [-0.15, -0.1) is 0 Å². The Morgan fingerprint density at radius 1 is 1.19 bits per heavy atom. The number of amides is 1. The van der Waals surface area contributed by atoms with Crippen LogP contribution in [0.3, 0.4) is 0 Å². The second-order valence-corrected chi connectivity index (χ2v) is 5.04. The average molecular weight is 304 g/mol. The van der Waals surface area contributed by atoms with Gasteiger partial charge >= 0.3 is 0 Å². The minimum atomic E-state index is -0.548. The number of carbonyl (C=O) groups is 1. The molecule has 0 fully saturated rings. The highest BCUT2D eigenvalue weighted by Gasteiger charge is 2.12. The van der Waals surface area contributed by atoms with Crippen LogP contribution in [0.15, 0.2) is 42.5 Å². The molecule has 0 saturated heterocycles. The van der Waals surface area contributed by atoms with Crippen molar-refractivity contribution in [3.63, 3.8) is 0 Å². The molecule has 0 radical (unpaired) electrons. The lowest BCUT2D eigenvalue weighted by Crippen LogP contribution is -2.13. The van der Waals surface area contributed by atoms with Gasteiger partial charge < -0.3 is 16.0 Å². The number of benzene rings is 2. The number of aromatic amines is 1. The molecule has 4 nitrogen and oxygen atoms in total. The zero-order valence-electron chi connectivity index (χ0n) is 10.8. The van der Waals surface area contributed by atoms with Gasteiger partial charge in [0.15, 0.2) is 0 Å². The first-order valence-corrected chi connectivity index (χ1v) is 6.55. The predicted octanol–water partition coefficient (Wildman–Crippen LogP) is 3.79. The molecule has 0 saturated carbocycles. The van der Waals surface area contributed by atoms with E-state index in [9.17, 15) is 9.18 Å². The lowest BCUT2D eigenvalue weighted by molar-refractivity contribution is 0.102. The van der Waals surface area contributed by atoms with Gasteiger partial charge in [-0.05, 0) is 42.5 Å². The zero-order valence-corrected chi connectivity index (χ0v) is 11.5. The van der Waals surface area contributed by atoms with Crippen molar-refractivity contribution >= 4 is 39.8 Å². The van der Waals surface area contributed by atoms with Crippen molar-refractivity contribution in [3.8, 4) is 0 Å². The minimum Gasteiger partial charge on any atom is -0.399 e. The number of fused-ring (bicyclic) bond motifs is 1. The Labute approximate surface area is 124 Å². The van der Waals surface area contributed by atoms with Crippen LogP contribution in [0.2, 0.25) is 5.02 Å². The van der Waals surface area contributed by atoms with Gasteiger partial charge in [-0.1, -0.05) is 11.6 Å². The van der Waals surface area contributed by atoms with Crippen molar-refractivity contribution in [3.05, 3.63) is 59.0 Å². The van der Waals surface area contributed by atoms with Gasteiger partial charge in [-0.3, -0.25) is 4.79 Å². The Kier molecular flexibility index (Phi) is 3.27. The summed E-state index contributed by atoms with van der Waals surface area (Å²) in [5.41, 5.74) is 7.42. The van der Waals surface area contributed by atoms with Gasteiger partial charge in [0.25, 0.3) is 5.91 Å². The van der Waals surface area contributed by atoms with Crippen molar-refractivity contribution in [2.75, 3.05) is 11.1 Å². The van der Waals surface area contributed by atoms with Gasteiger partial charge in [-0.25, -0.2) is 4.39 Å². The number of aromatic nitrogens is 1. The Morgan fingerprint density at radius 3 is 2.81 bits per heavy atom. The summed E-state index contributed by atoms with van der Waals surface area (Å²) in [6, 6.07) is 10.9. The molecule has 0 unspecified atom stereocenters. The van der Waals surface area contributed by atoms with Crippen molar-refractivity contribution in [1.82, 2.24) is 4.98 Å². The van der Waals surface area contributed by atoms with Gasteiger partial charge in [0.1, 0.15) is 11.5 Å². The number of H-pyrrole nitrogens is 1. The van der Waals surface area contributed by atoms with Crippen LogP contribution in [0.4, 0.5) is 15.8 Å². The third-order valence-corrected chi connectivity index (χ3v) is 3.30. The number of anilines is 2. The zero-order chi connectivity index (χ0) is 15.0. The van der Waals surface area contributed by atoms with Crippen LogP contribution in [-0.4, -0.2) is 10.9 Å². The van der Waals surface area contributed by atoms with Crippen LogP contribution in [0, 0.1) is 5.82 Å². The molecule has 2 aromatic carbocycles. The number of nitrogens with one attached hydrogen (secondary N) is 2. The molecule has 0 aliphatic carbocycles. The van der Waals surface area contributed by atoms with Crippen molar-refractivity contribution in [1.29, 1.82) is 0 Å². The summed E-state index contributed by atoms with van der Waals surface area (Å²) in [5.74, 6) is -1.00. The Hall–Kier alpha value is -2.53. The monoisotopic (exact) mass is 303 g/mol. The van der Waals surface area contributed by atoms with E-state index in [1.807, 2.05) is 0 Å². The van der Waals surface area contributed by atoms with Gasteiger partial charge in [-0.2, -0.15) is 0 Å². The molecule has 0 aliphatic rings. The number of nitrogens with two attached hydrogens (primary N) is 1. The molecular weight excluding hydrogens is 293 g/mol. The highest BCUT2D eigenvalue weighted by molar-refractivity contribution is 6.31. The first-order valence-electron chi connectivity index (χ1n) is 6.17. The molecule has 106 valence electrons. The highest BCUT2D eigenvalue weighted by Crippen LogP contribution is 2.22. The van der Waals surface area contributed by atoms with Crippen LogP contribution in [0.25, 0.3) is 10.9 Å². The Morgan fingerprint density at radius 2 is 2.00 bits per heavy atom. The van der Waals surface area contributed by atoms with Gasteiger partial charge in [0.05, 0.1) is 5.69 Å². The maximum absolute atomic E-state index is 13.6. The first kappa shape index (κ1) is 13.5. The second-order valence-electron chi connectivity index (χ2n) is 4.61. The van der Waals surface area contributed by atoms with E-state index in [1.165, 1.54) is 18.2 Å². The Balaban J connectivity index is 1.91. The highest BCUT2D eigenvalue weighted by atomic mass is 35.5. The number of rotatable bonds is 2. The standard InChI is InChI=1S/C15H11ClFN3O/c16-9-1-3-11(17)13(7-9)20-15(21)14-6-8-5-10(18)2-4-12(8)19-14/h1-7,19H,18H2,(H,20,21). The normalized spacial score (nSPS) is 10.8. The van der Waals surface area contributed by atoms with Crippen LogP contribution in [-0.2, 0) is 0 Å². The van der Waals surface area contributed by atoms with Crippen LogP contribution in [0.1, 0.15) is 10.5 Å². The predicted molar refractivity (Wildman–Crippen MR) is 82.1 cm³/mol. The summed E-state index contributed by atoms with van der Waals surface area (Å²) in [5, 5.41) is 3.64. The van der Waals surface area contributed by atoms with E-state index in [-0.39, 0.29) is 5.69 Å². The Bertz CT molecular complexity index is 844. The van der Waals surface area contributed by atoms with Gasteiger partial charge in [0.2, 0.25) is 0 Å². The van der Waals surface area contributed by atoms with Crippen molar-refractivity contribution in [2.24, 2.45) is 0 Å². The third-order valence-electron chi connectivity index (χ3n) is 3.07. The summed E-state index contributed by atoms with van der Waals surface area (Å²) in [4.78, 5) is 15.1. The van der Waals surface area contributed by atoms with Crippen LogP contribution in [0.5, 0.6) is 0 Å². The molecule has 1 aromatic heterocycles. The van der Waals surface area contributed by atoms with E-state index in [0.717, 1.165) is 10.9 Å². The van der Waals surface area contributed by atoms with E-state index in [2.05, 4.69) is 10.3 Å². The second kappa shape index (κ2) is 5.10. The molecule has 21 heavy (non-hydrogen) atoms. The summed E-state index contributed by atoms with van der Waals surface area (Å²) in [6.07, 6.45) is 0. The number of nitrogen functional groups attached to an aromatic ring is 1. The van der Waals surface area contributed by atoms with E-state index < -0.39 is 11.7 Å². The lowest BCUT2D eigenvalue weighted by atomic mass is 10.2. The van der Waals surface area contributed by atoms with Crippen molar-refractivity contribution in [2.45, 2.75) is 0 Å². The van der Waals surface area contributed by atoms with E-state index >= 15 is 0 Å². The molecule has 1 heterocycles. The molecule has 4 N–H and O–H groups in total. The van der Waals surface area contributed by atoms with E-state index in [1.54, 1.807) is 24.3 Å². The molecule has 3 aromatic rings. The maximum atomic E-state index is 13.6. The average Bonchev–Trinajstić information content (AvgIpc) is 2.86. The minimum absolute atomic E-state index is 0.0330. The number of hydrogen-bond donors (Lipinski definition) is 3. The molecule has 0 spiro atoms. The summed E-state index contributed by atoms with van der Waals surface area (Å²) in [6.45, 7) is 0. The fourth-order valence-corrected chi connectivity index (χ4v) is 2.23. The first-order chi connectivity index (χ1) is 10.0. The maximum Gasteiger partial charge on any atom is 0.272 e. The quantitative estimate of drug-likeness (QED) is 0.630. The SMILES string of the molecule is Nc1ccc2[nH]c(C(=O)Nc3cc(Cl)ccc3F)cc2c1. The molecule has 0 bridgehead atoms. The number of hydrogen-bond acceptors (Lipinski definition) is 2. The molecule has 6 heteroatoms. The van der Waals surface area contributed by atoms with Crippen molar-refractivity contribution < 1.29 is 9.18 Å². The van der Waals surface area contributed by atoms with E-state index in [0.29, 0.717) is 16.4 Å². The fourth-order valence-electron chi connectivity index (χ4n) is 2.06. The molecular formula is C15H11ClFN3O. The number of halogens is 2. The summed E-state index contributed by atoms with van der Waals surface area (Å²) in [7, 11) is 0. The molecule has 3 rings (SSSR count). The molecule has 1 amide bonds. The fraction of sp³-hybridized carbons (Fsp3) is 0. The lowest BCUT2D eigenvalue weighted by Gasteiger charge is -2.05. The topological polar surface area (TPSA) is 70.9 Å².